The van der Waals surface area contributed by atoms with Crippen LogP contribution in [0.2, 0.25) is 5.02 Å². The molecule has 2 aliphatic heterocycles. The molecule has 194 valence electrons. The first-order chi connectivity index (χ1) is 17.8. The number of aromatic amines is 1. The molecule has 3 aromatic rings. The molecule has 1 amide bonds. The molecule has 12 heteroatoms. The fourth-order valence-corrected chi connectivity index (χ4v) is 5.08. The summed E-state index contributed by atoms with van der Waals surface area (Å²) < 4.78 is 35.3. The number of anilines is 3. The van der Waals surface area contributed by atoms with E-state index in [0.717, 1.165) is 18.5 Å². The number of H-pyrrole nitrogens is 1. The van der Waals surface area contributed by atoms with Gasteiger partial charge in [0.2, 0.25) is 0 Å². The topological polar surface area (TPSA) is 99.3 Å². The molecular formula is C25H26ClF2N7O2. The van der Waals surface area contributed by atoms with Crippen LogP contribution in [0.3, 0.4) is 0 Å². The number of aryl methyl sites for hydroxylation is 1. The van der Waals surface area contributed by atoms with Gasteiger partial charge in [-0.1, -0.05) is 11.6 Å². The first-order valence-electron chi connectivity index (χ1n) is 12.3. The molecule has 3 fully saturated rings. The summed E-state index contributed by atoms with van der Waals surface area (Å²) in [5.41, 5.74) is -0.356. The highest BCUT2D eigenvalue weighted by Gasteiger charge is 2.54. The van der Waals surface area contributed by atoms with Gasteiger partial charge in [0.1, 0.15) is 29.2 Å². The van der Waals surface area contributed by atoms with Crippen molar-refractivity contribution in [3.63, 3.8) is 0 Å². The number of nitrogens with one attached hydrogen (secondary N) is 2. The number of hydrogen-bond donors (Lipinski definition) is 2. The van der Waals surface area contributed by atoms with E-state index < -0.39 is 17.4 Å². The van der Waals surface area contributed by atoms with Crippen LogP contribution in [0.1, 0.15) is 35.3 Å². The van der Waals surface area contributed by atoms with Crippen LogP contribution in [0.25, 0.3) is 0 Å². The zero-order valence-corrected chi connectivity index (χ0v) is 20.9. The number of carbonyl (C=O) groups excluding carboxylic acids is 1. The number of alkyl halides is 1. The minimum atomic E-state index is -1.17. The van der Waals surface area contributed by atoms with Gasteiger partial charge in [0.15, 0.2) is 5.82 Å². The van der Waals surface area contributed by atoms with E-state index in [1.54, 1.807) is 6.07 Å². The Morgan fingerprint density at radius 1 is 1.19 bits per heavy atom. The Hall–Kier alpha value is -3.47. The van der Waals surface area contributed by atoms with E-state index in [2.05, 4.69) is 25.5 Å². The Bertz CT molecular complexity index is 1340. The van der Waals surface area contributed by atoms with Gasteiger partial charge in [0, 0.05) is 35.8 Å². The summed E-state index contributed by atoms with van der Waals surface area (Å²) in [7, 11) is 0. The average Bonchev–Trinajstić information content (AvgIpc) is 3.48. The SMILES string of the molecule is Cc1cc(Nc2cc(N3CC(F)(C4CC4)C3)nc(O[C@H]3CCN(C(=O)c4cc(Cl)ccc4F)C3)n2)n[nH]1. The predicted molar refractivity (Wildman–Crippen MR) is 134 cm³/mol. The molecule has 4 heterocycles. The molecular weight excluding hydrogens is 504 g/mol. The molecule has 1 aliphatic carbocycles. The van der Waals surface area contributed by atoms with Crippen molar-refractivity contribution in [2.75, 3.05) is 36.4 Å². The molecule has 0 spiro atoms. The molecule has 3 aliphatic rings. The zero-order chi connectivity index (χ0) is 25.7. The second kappa shape index (κ2) is 9.13. The van der Waals surface area contributed by atoms with E-state index in [9.17, 15) is 13.6 Å². The van der Waals surface area contributed by atoms with Crippen molar-refractivity contribution in [2.45, 2.75) is 38.0 Å². The molecule has 6 rings (SSSR count). The van der Waals surface area contributed by atoms with Gasteiger partial charge in [-0.25, -0.2) is 8.78 Å². The first kappa shape index (κ1) is 23.9. The Kier molecular flexibility index (Phi) is 5.89. The van der Waals surface area contributed by atoms with Crippen molar-refractivity contribution < 1.29 is 18.3 Å². The number of rotatable bonds is 7. The molecule has 2 saturated heterocycles. The molecule has 1 atom stereocenters. The molecule has 0 bridgehead atoms. The van der Waals surface area contributed by atoms with Crippen LogP contribution in [0.15, 0.2) is 30.3 Å². The van der Waals surface area contributed by atoms with Crippen LogP contribution in [0, 0.1) is 18.7 Å². The van der Waals surface area contributed by atoms with Crippen LogP contribution in [0.5, 0.6) is 6.01 Å². The molecule has 1 aromatic carbocycles. The molecule has 2 N–H and O–H groups in total. The van der Waals surface area contributed by atoms with E-state index in [1.165, 1.54) is 23.1 Å². The van der Waals surface area contributed by atoms with Gasteiger partial charge in [-0.2, -0.15) is 15.1 Å². The normalized spacial score (nSPS) is 20.6. The number of halogens is 3. The summed E-state index contributed by atoms with van der Waals surface area (Å²) in [6.07, 6.45) is 2.01. The summed E-state index contributed by atoms with van der Waals surface area (Å²) >= 11 is 5.95. The smallest absolute Gasteiger partial charge is 0.320 e. The maximum absolute atomic E-state index is 15.0. The highest BCUT2D eigenvalue weighted by molar-refractivity contribution is 6.31. The second-order valence-corrected chi connectivity index (χ2v) is 10.5. The number of nitrogens with zero attached hydrogens (tertiary/aromatic N) is 5. The number of carbonyl (C=O) groups is 1. The molecule has 0 unspecified atom stereocenters. The lowest BCUT2D eigenvalue weighted by Crippen LogP contribution is -2.60. The predicted octanol–water partition coefficient (Wildman–Crippen LogP) is 4.28. The van der Waals surface area contributed by atoms with Gasteiger partial charge in [-0.15, -0.1) is 0 Å². The fourth-order valence-electron chi connectivity index (χ4n) is 4.90. The number of aromatic nitrogens is 4. The largest absolute Gasteiger partial charge is 0.458 e. The summed E-state index contributed by atoms with van der Waals surface area (Å²) in [5.74, 6) is 0.663. The quantitative estimate of drug-likeness (QED) is 0.471. The number of ether oxygens (including phenoxy) is 1. The molecule has 9 nitrogen and oxygen atoms in total. The van der Waals surface area contributed by atoms with Crippen molar-refractivity contribution in [3.8, 4) is 6.01 Å². The minimum Gasteiger partial charge on any atom is -0.458 e. The van der Waals surface area contributed by atoms with Crippen LogP contribution >= 0.6 is 11.6 Å². The van der Waals surface area contributed by atoms with Gasteiger partial charge in [0.25, 0.3) is 5.91 Å². The van der Waals surface area contributed by atoms with Crippen LogP contribution in [-0.2, 0) is 0 Å². The van der Waals surface area contributed by atoms with Gasteiger partial charge in [0.05, 0.1) is 25.2 Å². The average molecular weight is 530 g/mol. The highest BCUT2D eigenvalue weighted by atomic mass is 35.5. The van der Waals surface area contributed by atoms with E-state index >= 15 is 0 Å². The minimum absolute atomic E-state index is 0.0738. The van der Waals surface area contributed by atoms with Gasteiger partial charge < -0.3 is 19.9 Å². The third-order valence-electron chi connectivity index (χ3n) is 7.06. The Morgan fingerprint density at radius 3 is 2.73 bits per heavy atom. The van der Waals surface area contributed by atoms with E-state index in [1.807, 2.05) is 17.9 Å². The summed E-state index contributed by atoms with van der Waals surface area (Å²) in [6, 6.07) is 7.60. The van der Waals surface area contributed by atoms with Gasteiger partial charge in [-0.05, 0) is 43.9 Å². The van der Waals surface area contributed by atoms with Crippen molar-refractivity contribution in [2.24, 2.45) is 5.92 Å². The Balaban J connectivity index is 1.18. The van der Waals surface area contributed by atoms with Gasteiger partial charge >= 0.3 is 6.01 Å². The van der Waals surface area contributed by atoms with E-state index in [4.69, 9.17) is 16.3 Å². The van der Waals surface area contributed by atoms with Crippen molar-refractivity contribution >= 4 is 35.0 Å². The van der Waals surface area contributed by atoms with Crippen LogP contribution in [0.4, 0.5) is 26.2 Å². The monoisotopic (exact) mass is 529 g/mol. The van der Waals surface area contributed by atoms with Crippen LogP contribution < -0.4 is 15.0 Å². The molecule has 37 heavy (non-hydrogen) atoms. The van der Waals surface area contributed by atoms with Crippen LogP contribution in [-0.4, -0.2) is 68.9 Å². The fraction of sp³-hybridized carbons (Fsp3) is 0.440. The molecule has 2 aromatic heterocycles. The summed E-state index contributed by atoms with van der Waals surface area (Å²) in [5, 5.41) is 10.5. The lowest BCUT2D eigenvalue weighted by atomic mass is 9.91. The number of amides is 1. The standard InChI is InChI=1S/C25H26ClF2N7O2/c1-14-8-21(33-32-14)29-20-10-22(35-12-25(28,13-35)15-2-3-15)31-24(30-20)37-17-6-7-34(11-17)23(36)18-9-16(26)4-5-19(18)27/h4-5,8-10,15,17H,2-3,6-7,11-13H2,1H3,(H2,29,30,31,32,33)/t17-/m0/s1. The second-order valence-electron chi connectivity index (χ2n) is 10.0. The van der Waals surface area contributed by atoms with E-state index in [-0.39, 0.29) is 43.2 Å². The Morgan fingerprint density at radius 2 is 2.00 bits per heavy atom. The number of benzene rings is 1. The van der Waals surface area contributed by atoms with E-state index in [0.29, 0.717) is 35.4 Å². The summed E-state index contributed by atoms with van der Waals surface area (Å²) in [6.45, 7) is 3.10. The lowest BCUT2D eigenvalue weighted by Gasteiger charge is -2.45. The maximum atomic E-state index is 15.0. The number of hydrogen-bond acceptors (Lipinski definition) is 7. The highest BCUT2D eigenvalue weighted by Crippen LogP contribution is 2.48. The van der Waals surface area contributed by atoms with Crippen molar-refractivity contribution in [1.82, 2.24) is 25.1 Å². The third-order valence-corrected chi connectivity index (χ3v) is 7.29. The maximum Gasteiger partial charge on any atom is 0.320 e. The number of likely N-dealkylation sites (tertiary alicyclic amines) is 1. The first-order valence-corrected chi connectivity index (χ1v) is 12.7. The van der Waals surface area contributed by atoms with Gasteiger partial charge in [-0.3, -0.25) is 9.89 Å². The Labute approximate surface area is 217 Å². The molecule has 0 radical (unpaired) electrons. The zero-order valence-electron chi connectivity index (χ0n) is 20.2. The summed E-state index contributed by atoms with van der Waals surface area (Å²) in [4.78, 5) is 25.3. The van der Waals surface area contributed by atoms with Crippen molar-refractivity contribution in [3.05, 3.63) is 52.4 Å². The molecule has 1 saturated carbocycles. The lowest BCUT2D eigenvalue weighted by molar-refractivity contribution is 0.0765. The third kappa shape index (κ3) is 4.92. The van der Waals surface area contributed by atoms with Crippen molar-refractivity contribution in [1.29, 1.82) is 0 Å².